The minimum absolute atomic E-state index is 0.0249. The number of hydrogen-bond acceptors (Lipinski definition) is 5. The average molecular weight is 397 g/mol. The van der Waals surface area contributed by atoms with Gasteiger partial charge in [0, 0.05) is 23.8 Å². The van der Waals surface area contributed by atoms with Gasteiger partial charge in [-0.05, 0) is 54.3 Å². The van der Waals surface area contributed by atoms with E-state index in [0.717, 1.165) is 29.0 Å². The molecule has 4 nitrogen and oxygen atoms in total. The first-order chi connectivity index (χ1) is 13.2. The molecule has 1 aromatic carbocycles. The largest absolute Gasteiger partial charge is 0.302 e. The number of aromatic nitrogens is 1. The maximum Gasteiger partial charge on any atom is 0.226 e. The van der Waals surface area contributed by atoms with E-state index in [1.54, 1.807) is 11.3 Å². The number of anilines is 1. The highest BCUT2D eigenvalue weighted by Gasteiger charge is 2.15. The Morgan fingerprint density at radius 2 is 1.89 bits per heavy atom. The van der Waals surface area contributed by atoms with E-state index in [2.05, 4.69) is 16.4 Å². The molecule has 1 N–H and O–H groups in total. The molecule has 3 aromatic rings. The summed E-state index contributed by atoms with van der Waals surface area (Å²) >= 11 is 3.02. The number of ketones is 1. The van der Waals surface area contributed by atoms with E-state index in [0.29, 0.717) is 5.13 Å². The molecule has 27 heavy (non-hydrogen) atoms. The molecule has 1 amide bonds. The number of amides is 1. The second-order valence-electron chi connectivity index (χ2n) is 6.68. The Kier molecular flexibility index (Phi) is 5.45. The molecule has 1 aliphatic carbocycles. The number of thiazole rings is 1. The maximum absolute atomic E-state index is 12.5. The van der Waals surface area contributed by atoms with Crippen LogP contribution in [0, 0.1) is 0 Å². The fourth-order valence-electron chi connectivity index (χ4n) is 3.33. The fraction of sp³-hybridized carbons (Fsp3) is 0.286. The third-order valence-corrected chi connectivity index (χ3v) is 6.42. The normalized spacial score (nSPS) is 13.2. The Labute approximate surface area is 166 Å². The molecule has 1 aliphatic rings. The van der Waals surface area contributed by atoms with Crippen LogP contribution in [0.25, 0.3) is 10.6 Å². The molecule has 0 aliphatic heterocycles. The SMILES string of the molecule is O=C(CCC(=O)c1ccc2c(c1)CCCC2)Nc1nc(-c2cccs2)cs1. The minimum Gasteiger partial charge on any atom is -0.302 e. The van der Waals surface area contributed by atoms with Gasteiger partial charge in [0.1, 0.15) is 0 Å². The number of fused-ring (bicyclic) bond motifs is 1. The van der Waals surface area contributed by atoms with Gasteiger partial charge in [0.2, 0.25) is 5.91 Å². The Morgan fingerprint density at radius 1 is 1.04 bits per heavy atom. The third kappa shape index (κ3) is 4.34. The number of hydrogen-bond donors (Lipinski definition) is 1. The summed E-state index contributed by atoms with van der Waals surface area (Å²) in [6, 6.07) is 9.97. The standard InChI is InChI=1S/C21H20N2O2S2/c24-18(16-8-7-14-4-1-2-5-15(14)12-16)9-10-20(25)23-21-22-17(13-27-21)19-6-3-11-26-19/h3,6-8,11-13H,1-2,4-5,9-10H2,(H,22,23,25). The fourth-order valence-corrected chi connectivity index (χ4v) is 4.82. The molecule has 0 spiro atoms. The molecule has 0 bridgehead atoms. The Bertz CT molecular complexity index is 960. The molecule has 138 valence electrons. The maximum atomic E-state index is 12.5. The highest BCUT2D eigenvalue weighted by molar-refractivity contribution is 7.16. The van der Waals surface area contributed by atoms with Crippen molar-refractivity contribution in [2.75, 3.05) is 5.32 Å². The number of rotatable bonds is 6. The molecule has 0 atom stereocenters. The van der Waals surface area contributed by atoms with Gasteiger partial charge in [-0.3, -0.25) is 9.59 Å². The molecule has 0 fully saturated rings. The summed E-state index contributed by atoms with van der Waals surface area (Å²) in [5.74, 6) is -0.148. The summed E-state index contributed by atoms with van der Waals surface area (Å²) in [5, 5.41) is 7.31. The van der Waals surface area contributed by atoms with E-state index in [1.807, 2.05) is 35.0 Å². The van der Waals surface area contributed by atoms with Crippen LogP contribution < -0.4 is 5.32 Å². The Balaban J connectivity index is 1.32. The summed E-state index contributed by atoms with van der Waals surface area (Å²) < 4.78 is 0. The van der Waals surface area contributed by atoms with Crippen LogP contribution in [-0.2, 0) is 17.6 Å². The van der Waals surface area contributed by atoms with Crippen LogP contribution in [0.15, 0.2) is 41.1 Å². The summed E-state index contributed by atoms with van der Waals surface area (Å²) in [5.41, 5.74) is 4.24. The number of nitrogens with one attached hydrogen (secondary N) is 1. The number of benzene rings is 1. The molecular formula is C21H20N2O2S2. The number of carbonyl (C=O) groups is 2. The molecule has 0 saturated heterocycles. The van der Waals surface area contributed by atoms with Crippen LogP contribution in [-0.4, -0.2) is 16.7 Å². The summed E-state index contributed by atoms with van der Waals surface area (Å²) in [6.07, 6.45) is 4.96. The number of nitrogens with zero attached hydrogens (tertiary/aromatic N) is 1. The molecule has 0 radical (unpaired) electrons. The van der Waals surface area contributed by atoms with Gasteiger partial charge in [0.25, 0.3) is 0 Å². The van der Waals surface area contributed by atoms with Crippen molar-refractivity contribution in [3.05, 3.63) is 57.8 Å². The average Bonchev–Trinajstić information content (AvgIpc) is 3.37. The van der Waals surface area contributed by atoms with E-state index in [-0.39, 0.29) is 24.5 Å². The zero-order chi connectivity index (χ0) is 18.6. The van der Waals surface area contributed by atoms with Crippen LogP contribution >= 0.6 is 22.7 Å². The molecule has 6 heteroatoms. The zero-order valence-corrected chi connectivity index (χ0v) is 16.5. The van der Waals surface area contributed by atoms with E-state index < -0.39 is 0 Å². The van der Waals surface area contributed by atoms with Gasteiger partial charge in [0.15, 0.2) is 10.9 Å². The van der Waals surface area contributed by atoms with Gasteiger partial charge in [0.05, 0.1) is 10.6 Å². The van der Waals surface area contributed by atoms with Gasteiger partial charge >= 0.3 is 0 Å². The van der Waals surface area contributed by atoms with Gasteiger partial charge in [-0.25, -0.2) is 4.98 Å². The number of aryl methyl sites for hydroxylation is 2. The third-order valence-electron chi connectivity index (χ3n) is 4.77. The van der Waals surface area contributed by atoms with Gasteiger partial charge in [-0.1, -0.05) is 18.2 Å². The number of Topliss-reactive ketones (excluding diaryl/α,β-unsaturated/α-hetero) is 1. The van der Waals surface area contributed by atoms with Gasteiger partial charge in [-0.2, -0.15) is 0 Å². The number of carbonyl (C=O) groups excluding carboxylic acids is 2. The molecule has 0 unspecified atom stereocenters. The van der Waals surface area contributed by atoms with Gasteiger partial charge in [-0.15, -0.1) is 22.7 Å². The van der Waals surface area contributed by atoms with Crippen LogP contribution in [0.5, 0.6) is 0 Å². The first-order valence-electron chi connectivity index (χ1n) is 9.13. The highest BCUT2D eigenvalue weighted by Crippen LogP contribution is 2.28. The molecule has 2 aromatic heterocycles. The zero-order valence-electron chi connectivity index (χ0n) is 14.9. The molecule has 4 rings (SSSR count). The van der Waals surface area contributed by atoms with Gasteiger partial charge < -0.3 is 5.32 Å². The van der Waals surface area contributed by atoms with Crippen molar-refractivity contribution in [2.24, 2.45) is 0 Å². The van der Waals surface area contributed by atoms with Crippen LogP contribution in [0.1, 0.15) is 47.2 Å². The smallest absolute Gasteiger partial charge is 0.226 e. The number of thiophene rings is 1. The van der Waals surface area contributed by atoms with Crippen LogP contribution in [0.2, 0.25) is 0 Å². The summed E-state index contributed by atoms with van der Waals surface area (Å²) in [4.78, 5) is 30.2. The van der Waals surface area contributed by atoms with E-state index in [4.69, 9.17) is 0 Å². The predicted octanol–water partition coefficient (Wildman–Crippen LogP) is 5.35. The van der Waals surface area contributed by atoms with E-state index in [9.17, 15) is 9.59 Å². The topological polar surface area (TPSA) is 59.1 Å². The van der Waals surface area contributed by atoms with Crippen molar-refractivity contribution in [1.82, 2.24) is 4.98 Å². The first-order valence-corrected chi connectivity index (χ1v) is 10.9. The van der Waals surface area contributed by atoms with E-state index >= 15 is 0 Å². The van der Waals surface area contributed by atoms with Crippen LogP contribution in [0.4, 0.5) is 5.13 Å². The lowest BCUT2D eigenvalue weighted by Crippen LogP contribution is -2.14. The lowest BCUT2D eigenvalue weighted by molar-refractivity contribution is -0.116. The summed E-state index contributed by atoms with van der Waals surface area (Å²) in [7, 11) is 0. The van der Waals surface area contributed by atoms with Crippen molar-refractivity contribution in [3.8, 4) is 10.6 Å². The van der Waals surface area contributed by atoms with Crippen molar-refractivity contribution in [1.29, 1.82) is 0 Å². The minimum atomic E-state index is -0.173. The Morgan fingerprint density at radius 3 is 2.70 bits per heavy atom. The second-order valence-corrected chi connectivity index (χ2v) is 8.48. The molecular weight excluding hydrogens is 376 g/mol. The Hall–Kier alpha value is -2.31. The van der Waals surface area contributed by atoms with Crippen molar-refractivity contribution >= 4 is 39.5 Å². The first kappa shape index (κ1) is 18.1. The molecule has 2 heterocycles. The monoisotopic (exact) mass is 396 g/mol. The predicted molar refractivity (Wildman–Crippen MR) is 111 cm³/mol. The second kappa shape index (κ2) is 8.15. The quantitative estimate of drug-likeness (QED) is 0.571. The lowest BCUT2D eigenvalue weighted by atomic mass is 9.89. The highest BCUT2D eigenvalue weighted by atomic mass is 32.1. The van der Waals surface area contributed by atoms with E-state index in [1.165, 1.54) is 35.3 Å². The lowest BCUT2D eigenvalue weighted by Gasteiger charge is -2.16. The summed E-state index contributed by atoms with van der Waals surface area (Å²) in [6.45, 7) is 0. The van der Waals surface area contributed by atoms with Crippen molar-refractivity contribution in [3.63, 3.8) is 0 Å². The van der Waals surface area contributed by atoms with Crippen molar-refractivity contribution in [2.45, 2.75) is 38.5 Å². The van der Waals surface area contributed by atoms with Crippen LogP contribution in [0.3, 0.4) is 0 Å². The molecule has 0 saturated carbocycles. The van der Waals surface area contributed by atoms with Crippen molar-refractivity contribution < 1.29 is 9.59 Å².